The second kappa shape index (κ2) is 30.4. The molecule has 2 heterocycles. The van der Waals surface area contributed by atoms with Crippen molar-refractivity contribution < 1.29 is 73.5 Å². The molecule has 5 rings (SSSR count). The molecule has 3 aromatic carbocycles. The number of benzene rings is 3. The number of aromatic amines is 1. The Labute approximate surface area is 465 Å². The lowest BCUT2D eigenvalue weighted by atomic mass is 9.99. The van der Waals surface area contributed by atoms with Crippen molar-refractivity contribution >= 4 is 59.1 Å². The first-order valence-corrected chi connectivity index (χ1v) is 26.1. The lowest BCUT2D eigenvalue weighted by molar-refractivity contribution is -0.142. The first-order valence-electron chi connectivity index (χ1n) is 26.1. The molecule has 1 fully saturated rings. The number of aromatic hydroxyl groups is 2. The number of phenols is 2. The SMILES string of the molecule is CC(C)C(NC(=O)C(Cc1ccc(O)cc1)NC(=O)C(CO)NC(=O)C1CCCN1C(=O)C(N)CO)C(=O)NC(Cc1ccc(O)cc1)C(=O)NC(Cc1cnc[nH]1)C(=O)NC(CCC(N)=O)C(=O)NC(Cc1ccccc1)C(=O)O. The monoisotopic (exact) mass is 1130 g/mol. The van der Waals surface area contributed by atoms with Gasteiger partial charge in [0.25, 0.3) is 0 Å². The van der Waals surface area contributed by atoms with Gasteiger partial charge >= 0.3 is 5.97 Å². The van der Waals surface area contributed by atoms with Gasteiger partial charge in [0.05, 0.1) is 19.5 Å². The van der Waals surface area contributed by atoms with Gasteiger partial charge in [-0.3, -0.25) is 43.2 Å². The second-order valence-corrected chi connectivity index (χ2v) is 19.8. The molecule has 17 N–H and O–H groups in total. The van der Waals surface area contributed by atoms with Gasteiger partial charge in [-0.1, -0.05) is 68.4 Å². The van der Waals surface area contributed by atoms with Crippen molar-refractivity contribution in [2.75, 3.05) is 19.8 Å². The third kappa shape index (κ3) is 19.1. The molecule has 81 heavy (non-hydrogen) atoms. The molecule has 9 atom stereocenters. The van der Waals surface area contributed by atoms with Crippen LogP contribution in [-0.4, -0.2) is 174 Å². The number of nitrogens with one attached hydrogen (secondary N) is 8. The van der Waals surface area contributed by atoms with Gasteiger partial charge in [0.15, 0.2) is 0 Å². The summed E-state index contributed by atoms with van der Waals surface area (Å²) in [4.78, 5) is 144. The molecule has 9 amide bonds. The fourth-order valence-electron chi connectivity index (χ4n) is 8.78. The van der Waals surface area contributed by atoms with E-state index in [4.69, 9.17) is 11.5 Å². The van der Waals surface area contributed by atoms with Crippen LogP contribution in [0.15, 0.2) is 91.4 Å². The summed E-state index contributed by atoms with van der Waals surface area (Å²) >= 11 is 0. The van der Waals surface area contributed by atoms with Gasteiger partial charge < -0.3 is 84.1 Å². The van der Waals surface area contributed by atoms with Crippen LogP contribution in [0.3, 0.4) is 0 Å². The number of primary amides is 1. The Bertz CT molecular complexity index is 2800. The van der Waals surface area contributed by atoms with Crippen molar-refractivity contribution in [3.05, 3.63) is 114 Å². The van der Waals surface area contributed by atoms with Gasteiger partial charge in [0.1, 0.15) is 65.9 Å². The number of hydrogen-bond donors (Lipinski definition) is 15. The van der Waals surface area contributed by atoms with Gasteiger partial charge in [0, 0.05) is 50.5 Å². The third-order valence-corrected chi connectivity index (χ3v) is 13.3. The molecule has 0 spiro atoms. The normalized spacial score (nSPS) is 16.0. The number of H-pyrrole nitrogens is 1. The average Bonchev–Trinajstić information content (AvgIpc) is 4.16. The van der Waals surface area contributed by atoms with E-state index in [0.717, 1.165) is 0 Å². The average molecular weight is 1130 g/mol. The number of aliphatic hydroxyl groups excluding tert-OH is 2. The van der Waals surface area contributed by atoms with E-state index in [0.29, 0.717) is 28.8 Å². The summed E-state index contributed by atoms with van der Waals surface area (Å²) in [7, 11) is 0. The Hall–Kier alpha value is -8.95. The number of aromatic nitrogens is 2. The van der Waals surface area contributed by atoms with E-state index in [2.05, 4.69) is 47.2 Å². The number of likely N-dealkylation sites (tertiary alicyclic amines) is 1. The van der Waals surface area contributed by atoms with Gasteiger partial charge in [-0.05, 0) is 66.1 Å². The standard InChI is InChI=1S/C54H70N12O15/c1-29(2)45(65-49(75)39(22-32-12-16-35(70)17-13-32)60-50(76)42(27-68)64-51(77)43-9-6-20-66(43)53(79)36(55)26-67)52(78)62-38(21-31-10-14-34(69)15-11-31)47(73)61-40(24-33-25-57-28-58-33)48(74)59-37(18-19-44(56)71)46(72)63-41(54(80)81)23-30-7-4-3-5-8-30/h3-5,7-8,10-17,25,28-29,36-43,45,67-70H,6,9,18-24,26-27,55H2,1-2H3,(H2,56,71)(H,57,58)(H,59,74)(H,60,76)(H,61,73)(H,62,78)(H,63,72)(H,64,77)(H,65,75)(H,80,81). The number of carboxylic acids is 1. The molecule has 1 aliphatic heterocycles. The van der Waals surface area contributed by atoms with Gasteiger partial charge in [-0.15, -0.1) is 0 Å². The summed E-state index contributed by atoms with van der Waals surface area (Å²) in [6, 6.07) is 6.45. The van der Waals surface area contributed by atoms with Gasteiger partial charge in [-0.2, -0.15) is 0 Å². The van der Waals surface area contributed by atoms with Crippen LogP contribution in [0, 0.1) is 5.92 Å². The van der Waals surface area contributed by atoms with E-state index in [-0.39, 0.29) is 56.6 Å². The molecule has 9 unspecified atom stereocenters. The Kier molecular flexibility index (Phi) is 23.6. The van der Waals surface area contributed by atoms with E-state index >= 15 is 0 Å². The fraction of sp³-hybridized carbons (Fsp3) is 0.426. The molecule has 1 aliphatic rings. The predicted octanol–water partition coefficient (Wildman–Crippen LogP) is -3.21. The number of carbonyl (C=O) groups excluding carboxylic acids is 9. The highest BCUT2D eigenvalue weighted by Gasteiger charge is 2.39. The number of nitrogens with zero attached hydrogens (tertiary/aromatic N) is 2. The van der Waals surface area contributed by atoms with Crippen molar-refractivity contribution in [2.45, 2.75) is 120 Å². The summed E-state index contributed by atoms with van der Waals surface area (Å²) in [6.45, 7) is 1.66. The number of rotatable bonds is 30. The number of amides is 9. The molecular weight excluding hydrogens is 1060 g/mol. The van der Waals surface area contributed by atoms with Crippen LogP contribution in [0.5, 0.6) is 11.5 Å². The lowest BCUT2D eigenvalue weighted by Crippen LogP contribution is -2.62. The number of aliphatic carboxylic acids is 1. The molecule has 1 saturated heterocycles. The first kappa shape index (κ1) is 62.9. The number of imidazole rings is 1. The zero-order valence-corrected chi connectivity index (χ0v) is 44.6. The number of nitrogens with two attached hydrogens (primary N) is 2. The van der Waals surface area contributed by atoms with Crippen LogP contribution in [0.4, 0.5) is 0 Å². The molecule has 1 aromatic heterocycles. The molecule has 0 radical (unpaired) electrons. The maximum absolute atomic E-state index is 14.6. The Morgan fingerprint density at radius 2 is 1.10 bits per heavy atom. The number of carbonyl (C=O) groups is 10. The summed E-state index contributed by atoms with van der Waals surface area (Å²) in [5.41, 5.74) is 12.8. The molecule has 27 nitrogen and oxygen atoms in total. The minimum absolute atomic E-state index is 0.112. The molecular formula is C54H70N12O15. The second-order valence-electron chi connectivity index (χ2n) is 19.8. The molecule has 0 aliphatic carbocycles. The van der Waals surface area contributed by atoms with Gasteiger partial charge in [0.2, 0.25) is 53.2 Å². The van der Waals surface area contributed by atoms with E-state index in [1.807, 2.05) is 0 Å². The van der Waals surface area contributed by atoms with Crippen LogP contribution in [0.25, 0.3) is 0 Å². The van der Waals surface area contributed by atoms with E-state index in [1.54, 1.807) is 44.2 Å². The molecule has 0 saturated carbocycles. The highest BCUT2D eigenvalue weighted by Crippen LogP contribution is 2.20. The summed E-state index contributed by atoms with van der Waals surface area (Å²) < 4.78 is 0. The smallest absolute Gasteiger partial charge is 0.326 e. The van der Waals surface area contributed by atoms with Gasteiger partial charge in [-0.25, -0.2) is 9.78 Å². The van der Waals surface area contributed by atoms with Crippen LogP contribution in [-0.2, 0) is 73.6 Å². The van der Waals surface area contributed by atoms with Crippen molar-refractivity contribution in [3.63, 3.8) is 0 Å². The number of carboxylic acid groups (broad SMARTS) is 1. The van der Waals surface area contributed by atoms with E-state index in [1.165, 1.54) is 66.0 Å². The van der Waals surface area contributed by atoms with Crippen molar-refractivity contribution in [1.82, 2.24) is 52.1 Å². The van der Waals surface area contributed by atoms with Crippen LogP contribution >= 0.6 is 0 Å². The Morgan fingerprint density at radius 1 is 0.617 bits per heavy atom. The third-order valence-electron chi connectivity index (χ3n) is 13.3. The zero-order valence-electron chi connectivity index (χ0n) is 44.6. The largest absolute Gasteiger partial charge is 0.508 e. The number of aliphatic hydroxyl groups is 2. The maximum atomic E-state index is 14.6. The minimum Gasteiger partial charge on any atom is -0.508 e. The van der Waals surface area contributed by atoms with E-state index < -0.39 is 139 Å². The summed E-state index contributed by atoms with van der Waals surface area (Å²) in [6.07, 6.45) is 1.51. The molecule has 0 bridgehead atoms. The fourth-order valence-corrected chi connectivity index (χ4v) is 8.78. The van der Waals surface area contributed by atoms with Crippen molar-refractivity contribution in [2.24, 2.45) is 17.4 Å². The summed E-state index contributed by atoms with van der Waals surface area (Å²) in [5.74, 6) is -10.5. The number of hydrogen-bond acceptors (Lipinski definition) is 16. The number of phenolic OH excluding ortho intramolecular Hbond substituents is 2. The molecule has 4 aromatic rings. The van der Waals surface area contributed by atoms with Crippen LogP contribution < -0.4 is 48.7 Å². The Balaban J connectivity index is 1.39. The predicted molar refractivity (Wildman–Crippen MR) is 287 cm³/mol. The van der Waals surface area contributed by atoms with Crippen molar-refractivity contribution in [3.8, 4) is 11.5 Å². The van der Waals surface area contributed by atoms with Crippen LogP contribution in [0.2, 0.25) is 0 Å². The lowest BCUT2D eigenvalue weighted by Gasteiger charge is -2.29. The zero-order chi connectivity index (χ0) is 59.3. The summed E-state index contributed by atoms with van der Waals surface area (Å²) in [5, 5.41) is 67.5. The highest BCUT2D eigenvalue weighted by molar-refractivity contribution is 5.98. The molecule has 436 valence electrons. The highest BCUT2D eigenvalue weighted by atomic mass is 16.4. The minimum atomic E-state index is -1.66. The van der Waals surface area contributed by atoms with E-state index in [9.17, 15) is 73.5 Å². The molecule has 27 heteroatoms. The topological polar surface area (TPSA) is 440 Å². The maximum Gasteiger partial charge on any atom is 0.326 e. The first-order chi connectivity index (χ1) is 38.6. The Morgan fingerprint density at radius 3 is 1.60 bits per heavy atom. The van der Waals surface area contributed by atoms with Crippen molar-refractivity contribution in [1.29, 1.82) is 0 Å². The quantitative estimate of drug-likeness (QED) is 0.0244. The van der Waals surface area contributed by atoms with Crippen LogP contribution in [0.1, 0.15) is 61.9 Å².